The molecule has 0 saturated heterocycles. The van der Waals surface area contributed by atoms with Crippen LogP contribution in [0.1, 0.15) is 19.4 Å². The maximum atomic E-state index is 12.9. The molecule has 30 heavy (non-hydrogen) atoms. The molecule has 0 radical (unpaired) electrons. The van der Waals surface area contributed by atoms with Crippen LogP contribution in [0.4, 0.5) is 5.69 Å². The van der Waals surface area contributed by atoms with Gasteiger partial charge in [0.15, 0.2) is 5.17 Å². The van der Waals surface area contributed by atoms with Gasteiger partial charge in [0.1, 0.15) is 5.92 Å². The average Bonchev–Trinajstić information content (AvgIpc) is 2.71. The zero-order valence-electron chi connectivity index (χ0n) is 16.7. The Morgan fingerprint density at radius 2 is 2.10 bits per heavy atom. The lowest BCUT2D eigenvalue weighted by molar-refractivity contribution is -0.384. The van der Waals surface area contributed by atoms with E-state index in [2.05, 4.69) is 4.99 Å². The summed E-state index contributed by atoms with van der Waals surface area (Å²) in [5, 5.41) is 18.6. The number of amidine groups is 1. The van der Waals surface area contributed by atoms with Gasteiger partial charge in [-0.25, -0.2) is 4.79 Å². The minimum atomic E-state index is -1.03. The Hall–Kier alpha value is -3.21. The molecule has 160 valence electrons. The van der Waals surface area contributed by atoms with Crippen molar-refractivity contribution in [2.45, 2.75) is 19.9 Å². The lowest BCUT2D eigenvalue weighted by Gasteiger charge is -2.31. The van der Waals surface area contributed by atoms with E-state index in [4.69, 9.17) is 20.6 Å². The number of nitrogens with one attached hydrogen (secondary N) is 1. The molecule has 1 aliphatic heterocycles. The quantitative estimate of drug-likeness (QED) is 0.217. The van der Waals surface area contributed by atoms with Crippen molar-refractivity contribution in [2.24, 2.45) is 16.6 Å². The first-order valence-electron chi connectivity index (χ1n) is 8.96. The Morgan fingerprint density at radius 1 is 1.40 bits per heavy atom. The first-order chi connectivity index (χ1) is 14.2. The molecule has 0 spiro atoms. The third-order valence-corrected chi connectivity index (χ3v) is 5.21. The third-order valence-electron chi connectivity index (χ3n) is 4.39. The molecule has 11 heteroatoms. The van der Waals surface area contributed by atoms with Gasteiger partial charge in [-0.2, -0.15) is 0 Å². The molecule has 2 unspecified atom stereocenters. The van der Waals surface area contributed by atoms with E-state index in [1.54, 1.807) is 19.9 Å². The molecule has 0 aromatic heterocycles. The standard InChI is InChI=1S/C19H22N4O6S/c1-4-29-18(25)16-13(9-30-19(20)21)22-10(2)14(17(24)28-3)15(16)11-6-5-7-12(8-11)23(26)27/h5-8,13,16H,4,9H2,1-3H3,(H3,20,21). The normalized spacial score (nSPS) is 18.4. The number of benzene rings is 1. The summed E-state index contributed by atoms with van der Waals surface area (Å²) in [6.07, 6.45) is 0. The van der Waals surface area contributed by atoms with Crippen molar-refractivity contribution < 1.29 is 24.0 Å². The summed E-state index contributed by atoms with van der Waals surface area (Å²) in [6, 6.07) is 4.95. The molecule has 1 aromatic carbocycles. The van der Waals surface area contributed by atoms with Crippen molar-refractivity contribution >= 4 is 45.8 Å². The van der Waals surface area contributed by atoms with Crippen LogP contribution in [-0.2, 0) is 19.1 Å². The van der Waals surface area contributed by atoms with Crippen LogP contribution in [0.5, 0.6) is 0 Å². The summed E-state index contributed by atoms with van der Waals surface area (Å²) in [7, 11) is 1.20. The number of nitro groups is 1. The van der Waals surface area contributed by atoms with Gasteiger partial charge in [-0.1, -0.05) is 23.9 Å². The molecule has 1 aromatic rings. The predicted molar refractivity (Wildman–Crippen MR) is 113 cm³/mol. The topological polar surface area (TPSA) is 158 Å². The van der Waals surface area contributed by atoms with Crippen molar-refractivity contribution in [2.75, 3.05) is 19.5 Å². The molecular formula is C19H22N4O6S. The van der Waals surface area contributed by atoms with Gasteiger partial charge in [0, 0.05) is 23.6 Å². The number of nitrogens with zero attached hydrogens (tertiary/aromatic N) is 2. The van der Waals surface area contributed by atoms with Crippen LogP contribution in [0.25, 0.3) is 5.57 Å². The Labute approximate surface area is 177 Å². The first-order valence-corrected chi connectivity index (χ1v) is 9.95. The maximum absolute atomic E-state index is 12.9. The fourth-order valence-electron chi connectivity index (χ4n) is 3.22. The van der Waals surface area contributed by atoms with E-state index >= 15 is 0 Å². The lowest BCUT2D eigenvalue weighted by atomic mass is 9.80. The van der Waals surface area contributed by atoms with Gasteiger partial charge in [0.2, 0.25) is 0 Å². The summed E-state index contributed by atoms with van der Waals surface area (Å²) in [4.78, 5) is 40.7. The monoisotopic (exact) mass is 434 g/mol. The van der Waals surface area contributed by atoms with Crippen molar-refractivity contribution in [1.82, 2.24) is 0 Å². The molecular weight excluding hydrogens is 412 g/mol. The van der Waals surface area contributed by atoms with Gasteiger partial charge in [0.05, 0.1) is 30.3 Å². The van der Waals surface area contributed by atoms with Crippen LogP contribution < -0.4 is 5.73 Å². The third kappa shape index (κ3) is 5.03. The zero-order chi connectivity index (χ0) is 22.4. The summed E-state index contributed by atoms with van der Waals surface area (Å²) in [5.41, 5.74) is 6.18. The van der Waals surface area contributed by atoms with Gasteiger partial charge in [0.25, 0.3) is 5.69 Å². The number of rotatable bonds is 7. The number of ether oxygens (including phenoxy) is 2. The SMILES string of the molecule is CCOC(=O)C1C(c2cccc([N+](=O)[O-])c2)=C(C(=O)OC)C(C)=NC1CSC(=N)N. The number of carbonyl (C=O) groups is 2. The zero-order valence-corrected chi connectivity index (χ0v) is 17.5. The molecule has 0 aliphatic carbocycles. The fraction of sp³-hybridized carbons (Fsp3) is 0.368. The number of aliphatic imine (C=N–C) groups is 1. The highest BCUT2D eigenvalue weighted by Gasteiger charge is 2.41. The highest BCUT2D eigenvalue weighted by molar-refractivity contribution is 8.13. The summed E-state index contributed by atoms with van der Waals surface area (Å²) in [5.74, 6) is -2.20. The minimum Gasteiger partial charge on any atom is -0.465 e. The molecule has 3 N–H and O–H groups in total. The highest BCUT2D eigenvalue weighted by Crippen LogP contribution is 2.38. The second-order valence-electron chi connectivity index (χ2n) is 6.27. The van der Waals surface area contributed by atoms with E-state index in [0.717, 1.165) is 11.8 Å². The number of non-ortho nitro benzene ring substituents is 1. The minimum absolute atomic E-state index is 0.0557. The number of esters is 2. The summed E-state index contributed by atoms with van der Waals surface area (Å²) in [6.45, 7) is 3.34. The summed E-state index contributed by atoms with van der Waals surface area (Å²) < 4.78 is 10.1. The maximum Gasteiger partial charge on any atom is 0.340 e. The van der Waals surface area contributed by atoms with E-state index in [0.29, 0.717) is 11.3 Å². The average molecular weight is 434 g/mol. The molecule has 1 heterocycles. The second kappa shape index (κ2) is 10.0. The Morgan fingerprint density at radius 3 is 2.67 bits per heavy atom. The smallest absolute Gasteiger partial charge is 0.340 e. The second-order valence-corrected chi connectivity index (χ2v) is 7.34. The van der Waals surface area contributed by atoms with E-state index in [-0.39, 0.29) is 34.4 Å². The van der Waals surface area contributed by atoms with E-state index in [1.807, 2.05) is 0 Å². The number of hydrogen-bond donors (Lipinski definition) is 2. The van der Waals surface area contributed by atoms with Crippen LogP contribution in [0.15, 0.2) is 34.8 Å². The highest BCUT2D eigenvalue weighted by atomic mass is 32.2. The van der Waals surface area contributed by atoms with Crippen LogP contribution in [0.2, 0.25) is 0 Å². The number of dihydropyridines is 1. The Balaban J connectivity index is 2.75. The number of methoxy groups -OCH3 is 1. The predicted octanol–water partition coefficient (Wildman–Crippen LogP) is 2.17. The van der Waals surface area contributed by atoms with Crippen LogP contribution in [-0.4, -0.2) is 53.3 Å². The van der Waals surface area contributed by atoms with Crippen LogP contribution in [0, 0.1) is 21.4 Å². The first kappa shape index (κ1) is 23.1. The van der Waals surface area contributed by atoms with Gasteiger partial charge in [-0.3, -0.25) is 25.3 Å². The number of thioether (sulfide) groups is 1. The molecule has 0 bridgehead atoms. The van der Waals surface area contributed by atoms with Crippen molar-refractivity contribution in [3.05, 3.63) is 45.5 Å². The Kier molecular flexibility index (Phi) is 7.70. The molecule has 1 aliphatic rings. The number of nitrogens with two attached hydrogens (primary N) is 1. The largest absolute Gasteiger partial charge is 0.465 e. The lowest BCUT2D eigenvalue weighted by Crippen LogP contribution is -2.38. The molecule has 0 amide bonds. The van der Waals surface area contributed by atoms with Gasteiger partial charge in [-0.15, -0.1) is 0 Å². The van der Waals surface area contributed by atoms with Crippen LogP contribution in [0.3, 0.4) is 0 Å². The Bertz CT molecular complexity index is 943. The molecule has 2 rings (SSSR count). The summed E-state index contributed by atoms with van der Waals surface area (Å²) >= 11 is 0.999. The van der Waals surface area contributed by atoms with Crippen LogP contribution >= 0.6 is 11.8 Å². The van der Waals surface area contributed by atoms with E-state index in [1.165, 1.54) is 25.3 Å². The number of hydrogen-bond acceptors (Lipinski definition) is 9. The van der Waals surface area contributed by atoms with Gasteiger partial charge >= 0.3 is 11.9 Å². The molecule has 2 atom stereocenters. The van der Waals surface area contributed by atoms with Crippen molar-refractivity contribution in [3.8, 4) is 0 Å². The molecule has 10 nitrogen and oxygen atoms in total. The van der Waals surface area contributed by atoms with Gasteiger partial charge in [-0.05, 0) is 25.0 Å². The molecule has 0 fully saturated rings. The number of carbonyl (C=O) groups excluding carboxylic acids is 2. The van der Waals surface area contributed by atoms with Crippen molar-refractivity contribution in [1.29, 1.82) is 5.41 Å². The molecule has 0 saturated carbocycles. The fourth-order valence-corrected chi connectivity index (χ4v) is 3.83. The van der Waals surface area contributed by atoms with E-state index < -0.39 is 28.8 Å². The number of nitro benzene ring substituents is 1. The van der Waals surface area contributed by atoms with Gasteiger partial charge < -0.3 is 15.2 Å². The van der Waals surface area contributed by atoms with Crippen molar-refractivity contribution in [3.63, 3.8) is 0 Å². The van der Waals surface area contributed by atoms with E-state index in [9.17, 15) is 19.7 Å².